The van der Waals surface area contributed by atoms with Crippen molar-refractivity contribution in [3.63, 3.8) is 0 Å². The first-order chi connectivity index (χ1) is 21.1. The fourth-order valence-corrected chi connectivity index (χ4v) is 5.63. The van der Waals surface area contributed by atoms with Crippen molar-refractivity contribution in [3.05, 3.63) is 142 Å². The molecule has 0 spiro atoms. The van der Waals surface area contributed by atoms with Gasteiger partial charge in [-0.2, -0.15) is 0 Å². The van der Waals surface area contributed by atoms with Crippen LogP contribution in [0.2, 0.25) is 0 Å². The first kappa shape index (κ1) is 33.6. The minimum Gasteiger partial charge on any atom is -0.378 e. The summed E-state index contributed by atoms with van der Waals surface area (Å²) in [4.78, 5) is 27.7. The number of carbonyl (C=O) groups is 2. The predicted molar refractivity (Wildman–Crippen MR) is 180 cm³/mol. The van der Waals surface area contributed by atoms with Crippen molar-refractivity contribution < 1.29 is 19.8 Å². The van der Waals surface area contributed by atoms with Gasteiger partial charge < -0.3 is 20.8 Å². The highest BCUT2D eigenvalue weighted by Gasteiger charge is 2.45. The van der Waals surface area contributed by atoms with E-state index in [0.717, 1.165) is 22.3 Å². The summed E-state index contributed by atoms with van der Waals surface area (Å²) in [5.74, 6) is -1.10. The molecule has 0 radical (unpaired) electrons. The Bertz CT molecular complexity index is 1410. The van der Waals surface area contributed by atoms with Gasteiger partial charge >= 0.3 is 0 Å². The van der Waals surface area contributed by atoms with Crippen molar-refractivity contribution in [2.24, 2.45) is 5.41 Å². The summed E-state index contributed by atoms with van der Waals surface area (Å²) in [6.45, 7) is 14.5. The van der Waals surface area contributed by atoms with E-state index in [0.29, 0.717) is 22.3 Å². The highest BCUT2D eigenvalue weighted by molar-refractivity contribution is 6.04. The van der Waals surface area contributed by atoms with Gasteiger partial charge in [0.15, 0.2) is 0 Å². The Kier molecular flexibility index (Phi) is 9.71. The Balaban J connectivity index is 1.61. The molecule has 0 saturated heterocycles. The lowest BCUT2D eigenvalue weighted by molar-refractivity contribution is -0.144. The SMILES string of the molecule is Cc1ccc(C(O)(c2ccc(C)cc2)[C@@H](C)NC(=O)C(C)(C)C(=O)N[C@H](C)C(O)(c2ccc(C)cc2)c2ccc(C)cc2)cc1. The van der Waals surface area contributed by atoms with Crippen LogP contribution in [-0.4, -0.2) is 34.1 Å². The van der Waals surface area contributed by atoms with E-state index in [-0.39, 0.29) is 0 Å². The van der Waals surface area contributed by atoms with Gasteiger partial charge in [0.05, 0.1) is 12.1 Å². The molecule has 6 nitrogen and oxygen atoms in total. The van der Waals surface area contributed by atoms with E-state index in [9.17, 15) is 19.8 Å². The first-order valence-electron chi connectivity index (χ1n) is 15.5. The van der Waals surface area contributed by atoms with Crippen molar-refractivity contribution in [1.29, 1.82) is 0 Å². The van der Waals surface area contributed by atoms with Crippen LogP contribution < -0.4 is 10.6 Å². The van der Waals surface area contributed by atoms with Gasteiger partial charge in [-0.25, -0.2) is 0 Å². The molecule has 2 atom stereocenters. The van der Waals surface area contributed by atoms with E-state index in [2.05, 4.69) is 10.6 Å². The van der Waals surface area contributed by atoms with Crippen molar-refractivity contribution in [2.45, 2.75) is 78.7 Å². The lowest BCUT2D eigenvalue weighted by atomic mass is 9.78. The van der Waals surface area contributed by atoms with Crippen LogP contribution in [0.15, 0.2) is 97.1 Å². The van der Waals surface area contributed by atoms with E-state index in [1.807, 2.05) is 125 Å². The molecule has 4 N–H and O–H groups in total. The van der Waals surface area contributed by atoms with Crippen molar-refractivity contribution in [3.8, 4) is 0 Å². The second-order valence-electron chi connectivity index (χ2n) is 13.0. The zero-order valence-corrected chi connectivity index (χ0v) is 27.6. The summed E-state index contributed by atoms with van der Waals surface area (Å²) in [6, 6.07) is 28.6. The lowest BCUT2D eigenvalue weighted by Crippen LogP contribution is -2.58. The Morgan fingerprint density at radius 2 is 0.689 bits per heavy atom. The summed E-state index contributed by atoms with van der Waals surface area (Å²) < 4.78 is 0. The Morgan fingerprint density at radius 1 is 0.489 bits per heavy atom. The fraction of sp³-hybridized carbons (Fsp3) is 0.333. The van der Waals surface area contributed by atoms with Gasteiger partial charge in [-0.1, -0.05) is 119 Å². The molecule has 0 unspecified atom stereocenters. The summed E-state index contributed by atoms with van der Waals surface area (Å²) >= 11 is 0. The number of hydrogen-bond acceptors (Lipinski definition) is 4. The van der Waals surface area contributed by atoms with Crippen LogP contribution in [-0.2, 0) is 20.8 Å². The third kappa shape index (κ3) is 6.73. The van der Waals surface area contributed by atoms with E-state index in [1.165, 1.54) is 0 Å². The van der Waals surface area contributed by atoms with Crippen molar-refractivity contribution in [2.75, 3.05) is 0 Å². The molecule has 0 aromatic heterocycles. The zero-order valence-electron chi connectivity index (χ0n) is 27.6. The topological polar surface area (TPSA) is 98.7 Å². The van der Waals surface area contributed by atoms with Gasteiger partial charge in [0.2, 0.25) is 11.8 Å². The molecule has 4 aromatic carbocycles. The second kappa shape index (κ2) is 13.0. The van der Waals surface area contributed by atoms with Gasteiger partial charge in [0, 0.05) is 0 Å². The Labute approximate surface area is 267 Å². The average Bonchev–Trinajstić information content (AvgIpc) is 3.01. The highest BCUT2D eigenvalue weighted by Crippen LogP contribution is 2.36. The standard InChI is InChI=1S/C39H46N2O4/c1-25-9-17-31(18-10-25)38(44,32-19-11-26(2)12-20-32)29(5)40-35(42)37(7,8)36(43)41-30(6)39(45,33-21-13-27(3)14-22-33)34-23-15-28(4)16-24-34/h9-24,29-30,44-45H,1-8H3,(H,40,42)(H,41,43)/t29-,30-/m1/s1. The normalized spacial score (nSPS) is 13.6. The van der Waals surface area contributed by atoms with Gasteiger partial charge in [0.1, 0.15) is 16.6 Å². The molecular weight excluding hydrogens is 560 g/mol. The maximum Gasteiger partial charge on any atom is 0.235 e. The molecule has 2 amide bonds. The zero-order chi connectivity index (χ0) is 33.2. The summed E-state index contributed by atoms with van der Waals surface area (Å²) in [5, 5.41) is 30.4. The number of carbonyl (C=O) groups excluding carboxylic acids is 2. The molecule has 45 heavy (non-hydrogen) atoms. The maximum atomic E-state index is 13.8. The molecule has 0 bridgehead atoms. The van der Waals surface area contributed by atoms with E-state index in [1.54, 1.807) is 27.7 Å². The molecule has 0 fully saturated rings. The number of aryl methyl sites for hydroxylation is 4. The van der Waals surface area contributed by atoms with Crippen LogP contribution in [0.1, 0.15) is 72.2 Å². The number of aliphatic hydroxyl groups is 2. The van der Waals surface area contributed by atoms with Crippen LogP contribution >= 0.6 is 0 Å². The van der Waals surface area contributed by atoms with Crippen LogP contribution in [0.4, 0.5) is 0 Å². The van der Waals surface area contributed by atoms with Crippen molar-refractivity contribution in [1.82, 2.24) is 10.6 Å². The highest BCUT2D eigenvalue weighted by atomic mass is 16.3. The quantitative estimate of drug-likeness (QED) is 0.163. The predicted octanol–water partition coefficient (Wildman–Crippen LogP) is 6.13. The Hall–Kier alpha value is -4.26. The smallest absolute Gasteiger partial charge is 0.235 e. The molecule has 4 aromatic rings. The number of hydrogen-bond donors (Lipinski definition) is 4. The summed E-state index contributed by atoms with van der Waals surface area (Å²) in [5.41, 5.74) is 2.03. The largest absolute Gasteiger partial charge is 0.378 e. The molecule has 4 rings (SSSR count). The Morgan fingerprint density at radius 3 is 0.889 bits per heavy atom. The molecular formula is C39H46N2O4. The van der Waals surface area contributed by atoms with Crippen LogP contribution in [0.3, 0.4) is 0 Å². The van der Waals surface area contributed by atoms with Crippen molar-refractivity contribution >= 4 is 11.8 Å². The summed E-state index contributed by atoms with van der Waals surface area (Å²) in [6.07, 6.45) is 0. The number of benzene rings is 4. The van der Waals surface area contributed by atoms with Crippen LogP contribution in [0, 0.1) is 33.1 Å². The van der Waals surface area contributed by atoms with Crippen LogP contribution in [0.5, 0.6) is 0 Å². The molecule has 6 heteroatoms. The number of rotatable bonds is 10. The second-order valence-corrected chi connectivity index (χ2v) is 13.0. The molecule has 0 aliphatic rings. The molecule has 0 heterocycles. The first-order valence-corrected chi connectivity index (χ1v) is 15.5. The maximum absolute atomic E-state index is 13.8. The van der Waals surface area contributed by atoms with Gasteiger partial charge in [-0.15, -0.1) is 0 Å². The number of amides is 2. The minimum atomic E-state index is -1.56. The van der Waals surface area contributed by atoms with Crippen LogP contribution in [0.25, 0.3) is 0 Å². The lowest BCUT2D eigenvalue weighted by Gasteiger charge is -2.39. The van der Waals surface area contributed by atoms with Gasteiger partial charge in [-0.05, 0) is 77.6 Å². The van der Waals surface area contributed by atoms with Gasteiger partial charge in [-0.3, -0.25) is 9.59 Å². The minimum absolute atomic E-state index is 0.549. The summed E-state index contributed by atoms with van der Waals surface area (Å²) in [7, 11) is 0. The monoisotopic (exact) mass is 606 g/mol. The van der Waals surface area contributed by atoms with Gasteiger partial charge in [0.25, 0.3) is 0 Å². The third-order valence-electron chi connectivity index (χ3n) is 9.05. The molecule has 0 aliphatic heterocycles. The fourth-order valence-electron chi connectivity index (χ4n) is 5.63. The van der Waals surface area contributed by atoms with E-state index in [4.69, 9.17) is 0 Å². The average molecular weight is 607 g/mol. The number of nitrogens with one attached hydrogen (secondary N) is 2. The molecule has 0 aliphatic carbocycles. The third-order valence-corrected chi connectivity index (χ3v) is 9.05. The molecule has 0 saturated carbocycles. The molecule has 236 valence electrons. The van der Waals surface area contributed by atoms with E-state index < -0.39 is 40.5 Å². The van der Waals surface area contributed by atoms with E-state index >= 15 is 0 Å².